The van der Waals surface area contributed by atoms with Crippen LogP contribution in [-0.4, -0.2) is 34.2 Å². The SMILES string of the molecule is C[C@@H](CC[C@H](C)NC(=O)OCc1nccs1)NC(=O)OCc1cncs1. The van der Waals surface area contributed by atoms with Gasteiger partial charge in [0.15, 0.2) is 0 Å². The Hall–Kier alpha value is -2.20. The summed E-state index contributed by atoms with van der Waals surface area (Å²) in [6.07, 6.45) is 3.79. The van der Waals surface area contributed by atoms with Crippen LogP contribution in [0.15, 0.2) is 23.3 Å². The Balaban J connectivity index is 1.56. The summed E-state index contributed by atoms with van der Waals surface area (Å²) in [6.45, 7) is 4.16. The minimum Gasteiger partial charge on any atom is -0.444 e. The van der Waals surface area contributed by atoms with Crippen molar-refractivity contribution in [2.45, 2.75) is 52.0 Å². The number of aromatic nitrogens is 2. The van der Waals surface area contributed by atoms with Crippen LogP contribution >= 0.6 is 22.7 Å². The topological polar surface area (TPSA) is 102 Å². The molecule has 2 heterocycles. The van der Waals surface area contributed by atoms with Crippen molar-refractivity contribution in [3.05, 3.63) is 33.2 Å². The van der Waals surface area contributed by atoms with Crippen LogP contribution in [-0.2, 0) is 22.7 Å². The highest BCUT2D eigenvalue weighted by Crippen LogP contribution is 2.08. The van der Waals surface area contributed by atoms with Crippen LogP contribution in [0.25, 0.3) is 0 Å². The Morgan fingerprint density at radius 2 is 1.73 bits per heavy atom. The molecule has 8 nitrogen and oxygen atoms in total. The average molecular weight is 399 g/mol. The van der Waals surface area contributed by atoms with Crippen molar-refractivity contribution in [1.29, 1.82) is 0 Å². The van der Waals surface area contributed by atoms with Gasteiger partial charge in [-0.3, -0.25) is 4.98 Å². The van der Waals surface area contributed by atoms with Crippen LogP contribution in [0.5, 0.6) is 0 Å². The lowest BCUT2D eigenvalue weighted by atomic mass is 10.1. The number of nitrogens with one attached hydrogen (secondary N) is 2. The monoisotopic (exact) mass is 398 g/mol. The van der Waals surface area contributed by atoms with Gasteiger partial charge < -0.3 is 20.1 Å². The molecule has 0 bridgehead atoms. The van der Waals surface area contributed by atoms with Crippen LogP contribution in [0.2, 0.25) is 0 Å². The molecule has 2 N–H and O–H groups in total. The molecule has 0 aromatic carbocycles. The Bertz CT molecular complexity index is 606. The molecule has 2 aromatic heterocycles. The number of ether oxygens (including phenoxy) is 2. The van der Waals surface area contributed by atoms with E-state index >= 15 is 0 Å². The number of carbonyl (C=O) groups excluding carboxylic acids is 2. The molecular weight excluding hydrogens is 376 g/mol. The molecule has 2 rings (SSSR count). The largest absolute Gasteiger partial charge is 0.444 e. The van der Waals surface area contributed by atoms with E-state index in [0.29, 0.717) is 12.8 Å². The van der Waals surface area contributed by atoms with E-state index in [1.54, 1.807) is 17.9 Å². The summed E-state index contributed by atoms with van der Waals surface area (Å²) in [5, 5.41) is 8.11. The summed E-state index contributed by atoms with van der Waals surface area (Å²) in [7, 11) is 0. The fourth-order valence-corrected chi connectivity index (χ4v) is 3.06. The fraction of sp³-hybridized carbons (Fsp3) is 0.500. The molecule has 10 heteroatoms. The molecule has 2 aromatic rings. The van der Waals surface area contributed by atoms with Gasteiger partial charge in [-0.05, 0) is 26.7 Å². The van der Waals surface area contributed by atoms with E-state index in [9.17, 15) is 9.59 Å². The summed E-state index contributed by atoms with van der Waals surface area (Å²) < 4.78 is 10.2. The first-order valence-corrected chi connectivity index (χ1v) is 9.91. The summed E-state index contributed by atoms with van der Waals surface area (Å²) in [5.74, 6) is 0. The van der Waals surface area contributed by atoms with Gasteiger partial charge in [0.25, 0.3) is 0 Å². The molecule has 0 saturated carbocycles. The zero-order valence-electron chi connectivity index (χ0n) is 14.6. The van der Waals surface area contributed by atoms with Crippen molar-refractivity contribution >= 4 is 34.9 Å². The average Bonchev–Trinajstić information content (AvgIpc) is 3.30. The molecule has 26 heavy (non-hydrogen) atoms. The second-order valence-electron chi connectivity index (χ2n) is 5.71. The maximum Gasteiger partial charge on any atom is 0.407 e. The van der Waals surface area contributed by atoms with E-state index in [1.165, 1.54) is 22.7 Å². The number of rotatable bonds is 9. The van der Waals surface area contributed by atoms with Crippen LogP contribution in [0.3, 0.4) is 0 Å². The van der Waals surface area contributed by atoms with Crippen molar-refractivity contribution in [2.75, 3.05) is 0 Å². The van der Waals surface area contributed by atoms with E-state index < -0.39 is 12.2 Å². The predicted octanol–water partition coefficient (Wildman–Crippen LogP) is 3.31. The maximum absolute atomic E-state index is 11.7. The highest BCUT2D eigenvalue weighted by molar-refractivity contribution is 7.09. The Morgan fingerprint density at radius 1 is 1.08 bits per heavy atom. The third kappa shape index (κ3) is 7.79. The number of hydrogen-bond acceptors (Lipinski definition) is 8. The molecule has 142 valence electrons. The van der Waals surface area contributed by atoms with Gasteiger partial charge in [0.2, 0.25) is 0 Å². The Kier molecular flexibility index (Phi) is 8.29. The van der Waals surface area contributed by atoms with Gasteiger partial charge in [-0.25, -0.2) is 14.6 Å². The molecule has 0 saturated heterocycles. The van der Waals surface area contributed by atoms with E-state index in [4.69, 9.17) is 9.47 Å². The summed E-state index contributed by atoms with van der Waals surface area (Å²) >= 11 is 2.87. The zero-order chi connectivity index (χ0) is 18.8. The van der Waals surface area contributed by atoms with Gasteiger partial charge >= 0.3 is 12.2 Å². The third-order valence-electron chi connectivity index (χ3n) is 3.40. The lowest BCUT2D eigenvalue weighted by Gasteiger charge is -2.17. The summed E-state index contributed by atoms with van der Waals surface area (Å²) in [5.41, 5.74) is 1.69. The first-order valence-electron chi connectivity index (χ1n) is 8.15. The minimum atomic E-state index is -0.475. The Morgan fingerprint density at radius 3 is 2.27 bits per heavy atom. The second-order valence-corrected chi connectivity index (χ2v) is 7.66. The molecule has 2 atom stereocenters. The second kappa shape index (κ2) is 10.7. The fourth-order valence-electron chi connectivity index (χ4n) is 2.03. The molecule has 0 radical (unpaired) electrons. The van der Waals surface area contributed by atoms with Crippen molar-refractivity contribution in [3.8, 4) is 0 Å². The van der Waals surface area contributed by atoms with Crippen molar-refractivity contribution in [3.63, 3.8) is 0 Å². The molecule has 0 unspecified atom stereocenters. The van der Waals surface area contributed by atoms with Gasteiger partial charge in [0.05, 0.1) is 10.4 Å². The molecule has 0 aliphatic heterocycles. The molecular formula is C16H22N4O4S2. The first kappa shape index (κ1) is 20.1. The highest BCUT2D eigenvalue weighted by Gasteiger charge is 2.13. The molecule has 2 amide bonds. The van der Waals surface area contributed by atoms with Crippen molar-refractivity contribution in [1.82, 2.24) is 20.6 Å². The number of thiazole rings is 2. The van der Waals surface area contributed by atoms with Crippen LogP contribution in [0.1, 0.15) is 36.6 Å². The maximum atomic E-state index is 11.7. The summed E-state index contributed by atoms with van der Waals surface area (Å²) in [4.78, 5) is 32.3. The number of hydrogen-bond donors (Lipinski definition) is 2. The van der Waals surface area contributed by atoms with Gasteiger partial charge in [-0.1, -0.05) is 0 Å². The van der Waals surface area contributed by atoms with Gasteiger partial charge in [-0.2, -0.15) is 0 Å². The lowest BCUT2D eigenvalue weighted by molar-refractivity contribution is 0.132. The number of alkyl carbamates (subject to hydrolysis) is 2. The molecule has 0 fully saturated rings. The normalized spacial score (nSPS) is 12.8. The molecule has 0 spiro atoms. The van der Waals surface area contributed by atoms with Crippen LogP contribution in [0, 0.1) is 0 Å². The zero-order valence-corrected chi connectivity index (χ0v) is 16.3. The van der Waals surface area contributed by atoms with Crippen molar-refractivity contribution < 1.29 is 19.1 Å². The first-order chi connectivity index (χ1) is 12.5. The van der Waals surface area contributed by atoms with E-state index in [0.717, 1.165) is 9.88 Å². The standard InChI is InChI=1S/C16H22N4O4S2/c1-11(19-15(21)23-8-13-7-17-10-26-13)3-4-12(2)20-16(22)24-9-14-18-5-6-25-14/h5-7,10-12H,3-4,8-9H2,1-2H3,(H,19,21)(H,20,22)/t11-,12-/m0/s1. The van der Waals surface area contributed by atoms with Crippen molar-refractivity contribution in [2.24, 2.45) is 0 Å². The molecule has 0 aliphatic carbocycles. The number of amides is 2. The smallest absolute Gasteiger partial charge is 0.407 e. The summed E-state index contributed by atoms with van der Waals surface area (Å²) in [6, 6.07) is -0.143. The van der Waals surface area contributed by atoms with Gasteiger partial charge in [0.1, 0.15) is 18.2 Å². The lowest BCUT2D eigenvalue weighted by Crippen LogP contribution is -2.36. The van der Waals surface area contributed by atoms with Crippen LogP contribution < -0.4 is 10.6 Å². The van der Waals surface area contributed by atoms with Crippen LogP contribution in [0.4, 0.5) is 9.59 Å². The quantitative estimate of drug-likeness (QED) is 0.672. The van der Waals surface area contributed by atoms with E-state index in [-0.39, 0.29) is 25.3 Å². The third-order valence-corrected chi connectivity index (χ3v) is 4.91. The number of carbonyl (C=O) groups is 2. The highest BCUT2D eigenvalue weighted by atomic mass is 32.1. The van der Waals surface area contributed by atoms with Gasteiger partial charge in [-0.15, -0.1) is 22.7 Å². The van der Waals surface area contributed by atoms with E-state index in [1.807, 2.05) is 19.2 Å². The minimum absolute atomic E-state index is 0.0699. The Labute approximate surface area is 160 Å². The van der Waals surface area contributed by atoms with Gasteiger partial charge in [0, 0.05) is 29.9 Å². The van der Waals surface area contributed by atoms with E-state index in [2.05, 4.69) is 20.6 Å². The molecule has 0 aliphatic rings. The predicted molar refractivity (Wildman–Crippen MR) is 99.0 cm³/mol. The number of nitrogens with zero attached hydrogens (tertiary/aromatic N) is 2.